The molecule has 0 radical (unpaired) electrons. The Morgan fingerprint density at radius 3 is 0.687 bits per heavy atom. The van der Waals surface area contributed by atoms with E-state index in [0.717, 1.165) is 108 Å². The number of rotatable bonds is 79. The van der Waals surface area contributed by atoms with Crippen LogP contribution >= 0.6 is 15.6 Å². The fourth-order valence-corrected chi connectivity index (χ4v) is 13.9. The van der Waals surface area contributed by atoms with Crippen molar-refractivity contribution in [3.05, 3.63) is 0 Å². The number of carbonyl (C=O) groups is 4. The third-order valence-electron chi connectivity index (χ3n) is 18.7. The molecule has 0 aromatic rings. The van der Waals surface area contributed by atoms with E-state index in [0.29, 0.717) is 25.7 Å². The van der Waals surface area contributed by atoms with Gasteiger partial charge in [0.2, 0.25) is 0 Å². The smallest absolute Gasteiger partial charge is 0.462 e. The molecule has 0 bridgehead atoms. The van der Waals surface area contributed by atoms with Gasteiger partial charge in [0.05, 0.1) is 26.4 Å². The lowest BCUT2D eigenvalue weighted by molar-refractivity contribution is -0.161. The van der Waals surface area contributed by atoms with Gasteiger partial charge in [0, 0.05) is 25.7 Å². The predicted molar refractivity (Wildman–Crippen MR) is 405 cm³/mol. The summed E-state index contributed by atoms with van der Waals surface area (Å²) in [4.78, 5) is 72.9. The molecule has 0 aliphatic carbocycles. The number of aliphatic hydroxyl groups excluding tert-OH is 1. The van der Waals surface area contributed by atoms with Crippen molar-refractivity contribution < 1.29 is 80.2 Å². The van der Waals surface area contributed by atoms with Crippen LogP contribution in [0, 0.1) is 11.8 Å². The van der Waals surface area contributed by atoms with Gasteiger partial charge in [-0.05, 0) is 37.5 Å². The molecule has 2 unspecified atom stereocenters. The van der Waals surface area contributed by atoms with Crippen LogP contribution in [0.15, 0.2) is 0 Å². The van der Waals surface area contributed by atoms with Gasteiger partial charge in [-0.25, -0.2) is 9.13 Å². The summed E-state index contributed by atoms with van der Waals surface area (Å²) in [5.41, 5.74) is 0. The Hall–Kier alpha value is -1.94. The van der Waals surface area contributed by atoms with E-state index in [1.807, 2.05) is 0 Å². The van der Waals surface area contributed by atoms with Crippen LogP contribution in [0.25, 0.3) is 0 Å². The molecular weight excluding hydrogens is 1290 g/mol. The number of phosphoric acid groups is 2. The zero-order valence-corrected chi connectivity index (χ0v) is 66.6. The van der Waals surface area contributed by atoms with Crippen LogP contribution in [0.3, 0.4) is 0 Å². The minimum atomic E-state index is -4.96. The van der Waals surface area contributed by atoms with E-state index in [1.54, 1.807) is 0 Å². The van der Waals surface area contributed by atoms with Gasteiger partial charge in [0.15, 0.2) is 12.2 Å². The summed E-state index contributed by atoms with van der Waals surface area (Å²) in [7, 11) is -9.91. The van der Waals surface area contributed by atoms with Gasteiger partial charge in [-0.3, -0.25) is 37.3 Å². The first-order valence-electron chi connectivity index (χ1n) is 41.5. The summed E-state index contributed by atoms with van der Waals surface area (Å²) in [5, 5.41) is 10.6. The lowest BCUT2D eigenvalue weighted by Gasteiger charge is -2.21. The van der Waals surface area contributed by atoms with Gasteiger partial charge in [-0.15, -0.1) is 0 Å². The van der Waals surface area contributed by atoms with E-state index in [1.165, 1.54) is 231 Å². The highest BCUT2D eigenvalue weighted by Crippen LogP contribution is 2.45. The Kier molecular flexibility index (Phi) is 70.3. The van der Waals surface area contributed by atoms with Gasteiger partial charge in [-0.2, -0.15) is 0 Å². The first kappa shape index (κ1) is 97.1. The van der Waals surface area contributed by atoms with Gasteiger partial charge in [0.1, 0.15) is 19.3 Å². The van der Waals surface area contributed by atoms with E-state index in [2.05, 4.69) is 41.5 Å². The summed E-state index contributed by atoms with van der Waals surface area (Å²) in [6.07, 6.45) is 61.0. The van der Waals surface area contributed by atoms with E-state index in [4.69, 9.17) is 37.0 Å². The van der Waals surface area contributed by atoms with Gasteiger partial charge in [0.25, 0.3) is 0 Å². The maximum absolute atomic E-state index is 13.1. The molecule has 0 fully saturated rings. The van der Waals surface area contributed by atoms with Crippen molar-refractivity contribution in [1.82, 2.24) is 0 Å². The van der Waals surface area contributed by atoms with E-state index in [-0.39, 0.29) is 25.7 Å². The van der Waals surface area contributed by atoms with Crippen molar-refractivity contribution in [3.8, 4) is 0 Å². The fraction of sp³-hybridized carbons (Fsp3) is 0.950. The molecule has 0 aliphatic heterocycles. The monoisotopic (exact) mass is 1450 g/mol. The third-order valence-corrected chi connectivity index (χ3v) is 20.6. The number of hydrogen-bond acceptors (Lipinski definition) is 15. The van der Waals surface area contributed by atoms with Crippen LogP contribution in [0.4, 0.5) is 0 Å². The highest BCUT2D eigenvalue weighted by molar-refractivity contribution is 7.47. The van der Waals surface area contributed by atoms with E-state index >= 15 is 0 Å². The average Bonchev–Trinajstić information content (AvgIpc) is 1.16. The summed E-state index contributed by atoms with van der Waals surface area (Å²) >= 11 is 0. The van der Waals surface area contributed by atoms with Crippen molar-refractivity contribution in [2.45, 2.75) is 439 Å². The van der Waals surface area contributed by atoms with E-state index in [9.17, 15) is 43.2 Å². The van der Waals surface area contributed by atoms with Gasteiger partial charge in [-0.1, -0.05) is 369 Å². The predicted octanol–water partition coefficient (Wildman–Crippen LogP) is 23.9. The summed E-state index contributed by atoms with van der Waals surface area (Å²) in [6.45, 7) is 9.66. The van der Waals surface area contributed by atoms with Crippen LogP contribution in [0.5, 0.6) is 0 Å². The molecule has 0 rings (SSSR count). The molecule has 19 heteroatoms. The van der Waals surface area contributed by atoms with Gasteiger partial charge >= 0.3 is 39.5 Å². The van der Waals surface area contributed by atoms with E-state index < -0.39 is 97.5 Å². The fourth-order valence-electron chi connectivity index (χ4n) is 12.4. The summed E-state index contributed by atoms with van der Waals surface area (Å²) in [6, 6.07) is 0. The minimum Gasteiger partial charge on any atom is -0.462 e. The molecule has 99 heavy (non-hydrogen) atoms. The Balaban J connectivity index is 5.21. The lowest BCUT2D eigenvalue weighted by atomic mass is 10.0. The van der Waals surface area contributed by atoms with Crippen LogP contribution in [-0.4, -0.2) is 96.7 Å². The molecule has 0 saturated heterocycles. The highest BCUT2D eigenvalue weighted by Gasteiger charge is 2.30. The second kappa shape index (κ2) is 71.7. The molecule has 0 aliphatic rings. The number of aliphatic hydroxyl groups is 1. The number of hydrogen-bond donors (Lipinski definition) is 3. The Morgan fingerprint density at radius 1 is 0.273 bits per heavy atom. The van der Waals surface area contributed by atoms with Crippen molar-refractivity contribution >= 4 is 39.5 Å². The topological polar surface area (TPSA) is 237 Å². The molecular formula is C80H156O17P2. The number of phosphoric ester groups is 2. The molecule has 0 saturated carbocycles. The maximum Gasteiger partial charge on any atom is 0.472 e. The number of carbonyl (C=O) groups excluding carboxylic acids is 4. The first-order chi connectivity index (χ1) is 47.9. The second-order valence-electron chi connectivity index (χ2n) is 29.8. The first-order valence-corrected chi connectivity index (χ1v) is 44.5. The molecule has 3 N–H and O–H groups in total. The van der Waals surface area contributed by atoms with Gasteiger partial charge < -0.3 is 33.8 Å². The second-order valence-corrected chi connectivity index (χ2v) is 32.7. The zero-order valence-electron chi connectivity index (χ0n) is 64.8. The Bertz CT molecular complexity index is 1910. The average molecular weight is 1450 g/mol. The van der Waals surface area contributed by atoms with Crippen molar-refractivity contribution in [2.75, 3.05) is 39.6 Å². The number of esters is 4. The lowest BCUT2D eigenvalue weighted by Crippen LogP contribution is -2.30. The molecule has 0 heterocycles. The standard InChI is InChI=1S/C80H156O17P2/c1-7-9-11-13-15-17-18-19-22-30-35-40-46-52-58-64-79(84)96-75(68-90-77(82)62-56-50-44-16-14-12-10-8-2)70-94-98(86,87)92-66-74(81)67-93-99(88,89)95-71-76(69-91-78(83)63-57-51-45-39-34-29-26-25-28-33-38-43-49-55-61-73(5)6)97-80(85)65-59-53-47-41-36-31-24-21-20-23-27-32-37-42-48-54-60-72(3)4/h72-76,81H,7-71H2,1-6H3,(H,86,87)(H,88,89)/t74-,75+,76+/m0/s1. The maximum atomic E-state index is 13.1. The zero-order chi connectivity index (χ0) is 72.8. The quantitative estimate of drug-likeness (QED) is 0.0222. The van der Waals surface area contributed by atoms with Crippen LogP contribution < -0.4 is 0 Å². The van der Waals surface area contributed by atoms with Crippen LogP contribution in [-0.2, 0) is 65.4 Å². The highest BCUT2D eigenvalue weighted by atomic mass is 31.2. The largest absolute Gasteiger partial charge is 0.472 e. The van der Waals surface area contributed by atoms with Crippen LogP contribution in [0.2, 0.25) is 0 Å². The molecule has 5 atom stereocenters. The number of unbranched alkanes of at least 4 members (excludes halogenated alkanes) is 49. The molecule has 0 aromatic heterocycles. The molecule has 588 valence electrons. The van der Waals surface area contributed by atoms with Crippen molar-refractivity contribution in [1.29, 1.82) is 0 Å². The van der Waals surface area contributed by atoms with Crippen LogP contribution in [0.1, 0.15) is 420 Å². The molecule has 0 spiro atoms. The third kappa shape index (κ3) is 74.1. The SMILES string of the molecule is CCCCCCCCCCCCCCCCCC(=O)O[C@H](COC(=O)CCCCCCCCCC)COP(=O)(O)OC[C@H](O)COP(=O)(O)OC[C@@H](COC(=O)CCCCCCCCCCCCCCCCC(C)C)OC(=O)CCCCCCCCCCCCCCCCCCC(C)C. The van der Waals surface area contributed by atoms with Crippen molar-refractivity contribution in [3.63, 3.8) is 0 Å². The Labute approximate surface area is 607 Å². The molecule has 0 aromatic carbocycles. The van der Waals surface area contributed by atoms with Crippen molar-refractivity contribution in [2.24, 2.45) is 11.8 Å². The summed E-state index contributed by atoms with van der Waals surface area (Å²) in [5.74, 6) is -0.502. The molecule has 0 amide bonds. The summed E-state index contributed by atoms with van der Waals surface area (Å²) < 4.78 is 68.6. The normalized spacial score (nSPS) is 13.9. The molecule has 17 nitrogen and oxygen atoms in total. The Morgan fingerprint density at radius 2 is 0.465 bits per heavy atom. The minimum absolute atomic E-state index is 0.108. The number of ether oxygens (including phenoxy) is 4.